The average molecular weight is 362 g/mol. The Bertz CT molecular complexity index is 769. The van der Waals surface area contributed by atoms with E-state index in [2.05, 4.69) is 68.1 Å². The first-order valence-electron chi connectivity index (χ1n) is 6.72. The predicted molar refractivity (Wildman–Crippen MR) is 92.3 cm³/mol. The first-order valence-corrected chi connectivity index (χ1v) is 8.39. The van der Waals surface area contributed by atoms with Crippen molar-refractivity contribution >= 4 is 38.0 Å². The highest BCUT2D eigenvalue weighted by molar-refractivity contribution is 9.10. The smallest absolute Gasteiger partial charge is 0.0897 e. The number of halogens is 1. The Morgan fingerprint density at radius 3 is 2.71 bits per heavy atom. The summed E-state index contributed by atoms with van der Waals surface area (Å²) >= 11 is 5.17. The van der Waals surface area contributed by atoms with Gasteiger partial charge in [-0.1, -0.05) is 34.1 Å². The molecule has 0 fully saturated rings. The average Bonchev–Trinajstić information content (AvgIpc) is 2.89. The topological polar surface area (TPSA) is 50.9 Å². The summed E-state index contributed by atoms with van der Waals surface area (Å²) in [4.78, 5) is 4.51. The number of nitrogens with zero attached hydrogens (tertiary/aromatic N) is 1. The van der Waals surface area contributed by atoms with Crippen LogP contribution in [0.2, 0.25) is 0 Å². The summed E-state index contributed by atoms with van der Waals surface area (Å²) in [7, 11) is 0. The molecule has 3 nitrogen and oxygen atoms in total. The lowest BCUT2D eigenvalue weighted by Gasteiger charge is -2.16. The number of hydrogen-bond acceptors (Lipinski definition) is 4. The van der Waals surface area contributed by atoms with E-state index in [1.165, 1.54) is 16.3 Å². The molecule has 0 aliphatic heterocycles. The van der Waals surface area contributed by atoms with Gasteiger partial charge in [-0.25, -0.2) is 4.98 Å². The second-order valence-electron chi connectivity index (χ2n) is 5.03. The van der Waals surface area contributed by atoms with Crippen molar-refractivity contribution in [2.45, 2.75) is 19.4 Å². The minimum absolute atomic E-state index is 0.0690. The van der Waals surface area contributed by atoms with E-state index in [0.717, 1.165) is 21.6 Å². The standard InChI is InChI=1S/C16H16BrN3S/c1-10-19-15(9-21-10)8-16(20-18)13-3-2-12-7-14(17)5-4-11(12)6-13/h2-7,9,16,20H,8,18H2,1H3. The molecule has 5 heteroatoms. The van der Waals surface area contributed by atoms with Crippen molar-refractivity contribution in [2.75, 3.05) is 0 Å². The van der Waals surface area contributed by atoms with Gasteiger partial charge in [0.2, 0.25) is 0 Å². The molecule has 0 aliphatic carbocycles. The van der Waals surface area contributed by atoms with E-state index in [-0.39, 0.29) is 6.04 Å². The molecular weight excluding hydrogens is 346 g/mol. The van der Waals surface area contributed by atoms with Crippen LogP contribution in [0.1, 0.15) is 22.3 Å². The molecule has 1 unspecified atom stereocenters. The van der Waals surface area contributed by atoms with Crippen LogP contribution in [0.4, 0.5) is 0 Å². The summed E-state index contributed by atoms with van der Waals surface area (Å²) in [5.74, 6) is 5.75. The van der Waals surface area contributed by atoms with Gasteiger partial charge in [-0.3, -0.25) is 11.3 Å². The van der Waals surface area contributed by atoms with Crippen LogP contribution in [0.3, 0.4) is 0 Å². The van der Waals surface area contributed by atoms with Gasteiger partial charge in [0.1, 0.15) is 0 Å². The number of aromatic nitrogens is 1. The van der Waals surface area contributed by atoms with E-state index in [1.807, 2.05) is 6.92 Å². The van der Waals surface area contributed by atoms with Gasteiger partial charge >= 0.3 is 0 Å². The fraction of sp³-hybridized carbons (Fsp3) is 0.188. The lowest BCUT2D eigenvalue weighted by molar-refractivity contribution is 0.547. The van der Waals surface area contributed by atoms with Gasteiger partial charge in [0.25, 0.3) is 0 Å². The van der Waals surface area contributed by atoms with Gasteiger partial charge in [0, 0.05) is 16.3 Å². The van der Waals surface area contributed by atoms with E-state index in [1.54, 1.807) is 11.3 Å². The van der Waals surface area contributed by atoms with Crippen molar-refractivity contribution in [3.8, 4) is 0 Å². The number of aryl methyl sites for hydroxylation is 1. The predicted octanol–water partition coefficient (Wildman–Crippen LogP) is 4.11. The summed E-state index contributed by atoms with van der Waals surface area (Å²) in [5.41, 5.74) is 5.17. The van der Waals surface area contributed by atoms with Crippen LogP contribution >= 0.6 is 27.3 Å². The maximum Gasteiger partial charge on any atom is 0.0897 e. The van der Waals surface area contributed by atoms with Crippen LogP contribution in [0.25, 0.3) is 10.8 Å². The van der Waals surface area contributed by atoms with Crippen LogP contribution in [0, 0.1) is 6.92 Å². The van der Waals surface area contributed by atoms with E-state index < -0.39 is 0 Å². The number of nitrogens with one attached hydrogen (secondary N) is 1. The van der Waals surface area contributed by atoms with Gasteiger partial charge in [-0.15, -0.1) is 11.3 Å². The quantitative estimate of drug-likeness (QED) is 0.542. The van der Waals surface area contributed by atoms with Crippen LogP contribution in [-0.4, -0.2) is 4.98 Å². The Kier molecular flexibility index (Phi) is 4.35. The molecule has 0 amide bonds. The summed E-state index contributed by atoms with van der Waals surface area (Å²) in [6.07, 6.45) is 0.795. The normalized spacial score (nSPS) is 12.7. The monoisotopic (exact) mass is 361 g/mol. The first-order chi connectivity index (χ1) is 10.2. The number of rotatable bonds is 4. The Hall–Kier alpha value is -1.27. The van der Waals surface area contributed by atoms with Crippen molar-refractivity contribution in [2.24, 2.45) is 5.84 Å². The van der Waals surface area contributed by atoms with Gasteiger partial charge in [-0.05, 0) is 41.5 Å². The van der Waals surface area contributed by atoms with Crippen molar-refractivity contribution in [3.05, 3.63) is 62.5 Å². The van der Waals surface area contributed by atoms with Crippen molar-refractivity contribution < 1.29 is 0 Å². The lowest BCUT2D eigenvalue weighted by Crippen LogP contribution is -2.29. The third-order valence-corrected chi connectivity index (χ3v) is 4.83. The molecule has 3 N–H and O–H groups in total. The summed E-state index contributed by atoms with van der Waals surface area (Å²) in [5, 5.41) is 5.61. The molecule has 0 saturated carbocycles. The Morgan fingerprint density at radius 1 is 1.24 bits per heavy atom. The van der Waals surface area contributed by atoms with Crippen molar-refractivity contribution in [3.63, 3.8) is 0 Å². The molecule has 21 heavy (non-hydrogen) atoms. The second-order valence-corrected chi connectivity index (χ2v) is 7.01. The molecule has 0 bridgehead atoms. The Labute approximate surface area is 136 Å². The van der Waals surface area contributed by atoms with Crippen molar-refractivity contribution in [1.82, 2.24) is 10.4 Å². The van der Waals surface area contributed by atoms with Crippen LogP contribution in [0.5, 0.6) is 0 Å². The molecule has 3 aromatic rings. The highest BCUT2D eigenvalue weighted by atomic mass is 79.9. The number of thiazole rings is 1. The lowest BCUT2D eigenvalue weighted by atomic mass is 9.99. The minimum atomic E-state index is 0.0690. The molecule has 2 aromatic carbocycles. The van der Waals surface area contributed by atoms with Gasteiger partial charge < -0.3 is 0 Å². The molecule has 1 atom stereocenters. The molecule has 0 spiro atoms. The third-order valence-electron chi connectivity index (χ3n) is 3.51. The van der Waals surface area contributed by atoms with E-state index in [0.29, 0.717) is 0 Å². The zero-order chi connectivity index (χ0) is 14.8. The first kappa shape index (κ1) is 14.7. The number of fused-ring (bicyclic) bond motifs is 1. The van der Waals surface area contributed by atoms with Gasteiger partial charge in [-0.2, -0.15) is 0 Å². The summed E-state index contributed by atoms with van der Waals surface area (Å²) in [6, 6.07) is 12.8. The zero-order valence-electron chi connectivity index (χ0n) is 11.6. The Morgan fingerprint density at radius 2 is 2.00 bits per heavy atom. The third kappa shape index (κ3) is 3.32. The fourth-order valence-electron chi connectivity index (χ4n) is 2.44. The summed E-state index contributed by atoms with van der Waals surface area (Å²) in [6.45, 7) is 2.02. The van der Waals surface area contributed by atoms with Crippen LogP contribution in [-0.2, 0) is 6.42 Å². The molecule has 0 radical (unpaired) electrons. The minimum Gasteiger partial charge on any atom is -0.271 e. The molecule has 3 rings (SSSR count). The van der Waals surface area contributed by atoms with Crippen LogP contribution in [0.15, 0.2) is 46.3 Å². The number of hydrazine groups is 1. The highest BCUT2D eigenvalue weighted by Crippen LogP contribution is 2.25. The second kappa shape index (κ2) is 6.23. The number of benzene rings is 2. The molecule has 1 heterocycles. The van der Waals surface area contributed by atoms with Crippen LogP contribution < -0.4 is 11.3 Å². The maximum absolute atomic E-state index is 5.75. The molecule has 0 aliphatic rings. The number of nitrogens with two attached hydrogens (primary N) is 1. The summed E-state index contributed by atoms with van der Waals surface area (Å²) < 4.78 is 1.09. The zero-order valence-corrected chi connectivity index (χ0v) is 14.0. The van der Waals surface area contributed by atoms with E-state index in [9.17, 15) is 0 Å². The van der Waals surface area contributed by atoms with Gasteiger partial charge in [0.15, 0.2) is 0 Å². The fourth-order valence-corrected chi connectivity index (χ4v) is 3.44. The molecule has 1 aromatic heterocycles. The maximum atomic E-state index is 5.75. The number of hydrogen-bond donors (Lipinski definition) is 2. The SMILES string of the molecule is Cc1nc(CC(NN)c2ccc3cc(Br)ccc3c2)cs1. The largest absolute Gasteiger partial charge is 0.271 e. The molecule has 0 saturated heterocycles. The molecule has 108 valence electrons. The highest BCUT2D eigenvalue weighted by Gasteiger charge is 2.13. The van der Waals surface area contributed by atoms with Crippen molar-refractivity contribution in [1.29, 1.82) is 0 Å². The Balaban J connectivity index is 1.91. The molecular formula is C16H16BrN3S. The van der Waals surface area contributed by atoms with Gasteiger partial charge in [0.05, 0.1) is 16.7 Å². The van der Waals surface area contributed by atoms with E-state index >= 15 is 0 Å². The van der Waals surface area contributed by atoms with E-state index in [4.69, 9.17) is 5.84 Å².